The maximum absolute atomic E-state index is 14.5. The van der Waals surface area contributed by atoms with Crippen LogP contribution in [0.5, 0.6) is 0 Å². The Morgan fingerprint density at radius 3 is 0.480 bits per heavy atom. The molecule has 0 heterocycles. The van der Waals surface area contributed by atoms with E-state index in [-0.39, 0.29) is 0 Å². The van der Waals surface area contributed by atoms with Crippen molar-refractivity contribution in [3.63, 3.8) is 0 Å². The van der Waals surface area contributed by atoms with E-state index in [0.717, 1.165) is 13.3 Å². The summed E-state index contributed by atoms with van der Waals surface area (Å²) >= 11 is 0. The van der Waals surface area contributed by atoms with Gasteiger partial charge in [0.1, 0.15) is 0 Å². The fourth-order valence-corrected chi connectivity index (χ4v) is 5.13. The molecule has 0 aliphatic rings. The smallest absolute Gasteiger partial charge is 0.324 e. The van der Waals surface area contributed by atoms with Crippen LogP contribution in [0.25, 0.3) is 0 Å². The molecule has 0 aliphatic carbocycles. The fraction of sp³-hybridized carbons (Fsp3) is 1.00. The summed E-state index contributed by atoms with van der Waals surface area (Å²) in [7, 11) is -12.6. The van der Waals surface area contributed by atoms with E-state index in [4.69, 9.17) is 0 Å². The van der Waals surface area contributed by atoms with Gasteiger partial charge in [0, 0.05) is 0 Å². The Hall–Kier alpha value is -2.14. The van der Waals surface area contributed by atoms with Gasteiger partial charge in [0.15, 0.2) is 0 Å². The summed E-state index contributed by atoms with van der Waals surface area (Å²) < 4.78 is 428. The SMILES string of the molecule is FC(F)(F)C(F)(F)C(F)(O[Si](OC(F)(C(F)(F)F)C(F)(F)C(F)(F)F)(OC(F)(C(F)(F)F)C(F)(F)C(F)(F)F)C(F)(F)C(F)(F)F)C(F)(F)F. The third-order valence-corrected chi connectivity index (χ3v) is 7.64. The predicted molar refractivity (Wildman–Crippen MR) is 82.7 cm³/mol. The highest BCUT2D eigenvalue weighted by atomic mass is 28.4. The molecule has 0 saturated carbocycles. The molecule has 3 nitrogen and oxygen atoms in total. The lowest BCUT2D eigenvalue weighted by Crippen LogP contribution is -2.81. The van der Waals surface area contributed by atoms with Crippen LogP contribution < -0.4 is 0 Å². The van der Waals surface area contributed by atoms with Crippen LogP contribution in [0, 0.1) is 0 Å². The van der Waals surface area contributed by atoms with E-state index < -0.39 is 92.9 Å². The third kappa shape index (κ3) is 6.99. The molecule has 0 spiro atoms. The van der Waals surface area contributed by atoms with E-state index in [1.807, 2.05) is 0 Å². The van der Waals surface area contributed by atoms with Crippen molar-refractivity contribution in [1.82, 2.24) is 0 Å². The van der Waals surface area contributed by atoms with Crippen LogP contribution >= 0.6 is 0 Å². The van der Waals surface area contributed by atoms with Crippen LogP contribution in [0.3, 0.4) is 0 Å². The van der Waals surface area contributed by atoms with Gasteiger partial charge in [0.05, 0.1) is 0 Å². The van der Waals surface area contributed by atoms with E-state index in [0.29, 0.717) is 0 Å². The van der Waals surface area contributed by atoms with Crippen molar-refractivity contribution in [3.05, 3.63) is 0 Å². The minimum Gasteiger partial charge on any atom is -0.324 e. The topological polar surface area (TPSA) is 27.7 Å². The second-order valence-electron chi connectivity index (χ2n) is 8.43. The Labute approximate surface area is 248 Å². The molecule has 36 heteroatoms. The summed E-state index contributed by atoms with van der Waals surface area (Å²) in [5, 5.41) is 0. The lowest BCUT2D eigenvalue weighted by atomic mass is 10.1. The van der Waals surface area contributed by atoms with E-state index >= 15 is 0 Å². The number of hydrogen-bond donors (Lipinski definition) is 0. The maximum atomic E-state index is 14.5. The average Bonchev–Trinajstić information content (AvgIpc) is 2.78. The molecular weight excluding hydrogens is 852 g/mol. The summed E-state index contributed by atoms with van der Waals surface area (Å²) in [5.41, 5.74) is -9.85. The highest BCUT2D eigenvalue weighted by molar-refractivity contribution is 6.64. The van der Waals surface area contributed by atoms with Crippen molar-refractivity contribution in [2.45, 2.75) is 84.1 Å². The molecule has 0 fully saturated rings. The van der Waals surface area contributed by atoms with Crippen LogP contribution in [0.15, 0.2) is 0 Å². The first-order valence-corrected chi connectivity index (χ1v) is 11.7. The molecule has 302 valence electrons. The van der Waals surface area contributed by atoms with Crippen molar-refractivity contribution in [1.29, 1.82) is 0 Å². The van der Waals surface area contributed by atoms with E-state index in [1.54, 1.807) is 0 Å². The van der Waals surface area contributed by atoms with Crippen molar-refractivity contribution in [3.8, 4) is 0 Å². The van der Waals surface area contributed by atoms with Crippen molar-refractivity contribution >= 4 is 8.80 Å². The van der Waals surface area contributed by atoms with Crippen LogP contribution in [-0.2, 0) is 13.3 Å². The third-order valence-electron chi connectivity index (χ3n) is 4.94. The zero-order chi connectivity index (χ0) is 41.6. The average molecular weight is 852 g/mol. The van der Waals surface area contributed by atoms with Gasteiger partial charge in [-0.15, -0.1) is 0 Å². The van der Waals surface area contributed by atoms with Gasteiger partial charge >= 0.3 is 92.9 Å². The molecule has 0 aromatic carbocycles. The summed E-state index contributed by atoms with van der Waals surface area (Å²) in [5.74, 6) is -57.4. The van der Waals surface area contributed by atoms with Gasteiger partial charge in [-0.05, 0) is 0 Å². The first kappa shape index (κ1) is 47.9. The molecule has 0 saturated heterocycles. The second kappa shape index (κ2) is 11.9. The van der Waals surface area contributed by atoms with Crippen molar-refractivity contribution < 1.29 is 154 Å². The molecule has 0 aromatic heterocycles. The van der Waals surface area contributed by atoms with Gasteiger partial charge < -0.3 is 13.3 Å². The molecule has 0 aliphatic heterocycles. The molecule has 3 unspecified atom stereocenters. The number of rotatable bonds is 10. The highest BCUT2D eigenvalue weighted by Gasteiger charge is 2.97. The molecule has 0 N–H and O–H groups in total. The fourth-order valence-electron chi connectivity index (χ4n) is 2.43. The Bertz CT molecular complexity index is 1070. The first-order valence-electron chi connectivity index (χ1n) is 10.0. The minimum absolute atomic E-state index is 0.852. The molecule has 0 bridgehead atoms. The number of halogens is 32. The predicted octanol–water partition coefficient (Wildman–Crippen LogP) is 9.99. The molecule has 0 rings (SSSR count). The van der Waals surface area contributed by atoms with Crippen molar-refractivity contribution in [2.24, 2.45) is 0 Å². The molecule has 0 radical (unpaired) electrons. The lowest BCUT2D eigenvalue weighted by molar-refractivity contribution is -0.479. The van der Waals surface area contributed by atoms with Gasteiger partial charge in [-0.1, -0.05) is 0 Å². The Morgan fingerprint density at radius 1 is 0.220 bits per heavy atom. The van der Waals surface area contributed by atoms with Crippen LogP contribution in [0.4, 0.5) is 140 Å². The molecular formula is C14F32O3Si. The number of alkyl halides is 32. The van der Waals surface area contributed by atoms with Crippen LogP contribution in [0.1, 0.15) is 0 Å². The van der Waals surface area contributed by atoms with Gasteiger partial charge in [-0.2, -0.15) is 140 Å². The van der Waals surface area contributed by atoms with E-state index in [2.05, 4.69) is 0 Å². The zero-order valence-electron chi connectivity index (χ0n) is 20.8. The monoisotopic (exact) mass is 852 g/mol. The van der Waals surface area contributed by atoms with E-state index in [9.17, 15) is 140 Å². The van der Waals surface area contributed by atoms with Gasteiger partial charge in [-0.3, -0.25) is 0 Å². The summed E-state index contributed by atoms with van der Waals surface area (Å²) in [6, 6.07) is 0. The van der Waals surface area contributed by atoms with Crippen LogP contribution in [0.2, 0.25) is 0 Å². The normalized spacial score (nSPS) is 20.9. The zero-order valence-corrected chi connectivity index (χ0v) is 21.8. The molecule has 50 heavy (non-hydrogen) atoms. The minimum atomic E-state index is -12.6. The largest absolute Gasteiger partial charge is 0.594 e. The number of hydrogen-bond acceptors (Lipinski definition) is 3. The Kier molecular flexibility index (Phi) is 11.4. The Morgan fingerprint density at radius 2 is 0.380 bits per heavy atom. The van der Waals surface area contributed by atoms with Gasteiger partial charge in [0.2, 0.25) is 0 Å². The lowest BCUT2D eigenvalue weighted by Gasteiger charge is -2.48. The molecule has 3 atom stereocenters. The van der Waals surface area contributed by atoms with Gasteiger partial charge in [-0.25, -0.2) is 0 Å². The quantitative estimate of drug-likeness (QED) is 0.162. The Balaban J connectivity index is 9.46. The molecule has 0 amide bonds. The van der Waals surface area contributed by atoms with Crippen molar-refractivity contribution in [2.75, 3.05) is 0 Å². The highest BCUT2D eigenvalue weighted by Crippen LogP contribution is 2.63. The standard InChI is InChI=1S/C14F32O3Si/c15-1(16,7(24,25)26)4(21,10(33,34)35)47-50(14(45,46)13(42,43)44,48-5(22,11(36,37)38)2(17,18)8(27,28)29)49-6(23,12(39,40)41)3(19,20)9(30,31)32. The maximum Gasteiger partial charge on any atom is 0.594 e. The molecule has 0 aromatic rings. The van der Waals surface area contributed by atoms with E-state index in [1.165, 1.54) is 0 Å². The van der Waals surface area contributed by atoms with Crippen LogP contribution in [-0.4, -0.2) is 92.9 Å². The summed E-state index contributed by atoms with van der Waals surface area (Å²) in [4.78, 5) is 0. The summed E-state index contributed by atoms with van der Waals surface area (Å²) in [6.45, 7) is 0. The van der Waals surface area contributed by atoms with Gasteiger partial charge in [0.25, 0.3) is 0 Å². The second-order valence-corrected chi connectivity index (χ2v) is 10.8. The first-order chi connectivity index (χ1) is 20.9. The summed E-state index contributed by atoms with van der Waals surface area (Å²) in [6.07, 6.45) is -63.4.